The van der Waals surface area contributed by atoms with Gasteiger partial charge in [0.2, 0.25) is 0 Å². The SMILES string of the molecule is CCCCCCCCCCCCCCCCCCCC#CC(CCC=CC[C@@H]1[C@@H](C=CC[C@H](O)C2(CC)CCC2)[C@H](O)C[C@H]1Cl)C(=O)O. The van der Waals surface area contributed by atoms with Crippen molar-refractivity contribution in [2.45, 2.75) is 205 Å². The van der Waals surface area contributed by atoms with Crippen molar-refractivity contribution >= 4 is 17.6 Å². The molecule has 0 saturated heterocycles. The summed E-state index contributed by atoms with van der Waals surface area (Å²) in [4.78, 5) is 11.8. The first-order chi connectivity index (χ1) is 23.3. The van der Waals surface area contributed by atoms with E-state index in [9.17, 15) is 20.1 Å². The predicted molar refractivity (Wildman–Crippen MR) is 204 cm³/mol. The van der Waals surface area contributed by atoms with Crippen LogP contribution in [0.25, 0.3) is 0 Å². The zero-order chi connectivity index (χ0) is 34.9. The summed E-state index contributed by atoms with van der Waals surface area (Å²) in [7, 11) is 0. The fourth-order valence-electron chi connectivity index (χ4n) is 7.86. The van der Waals surface area contributed by atoms with Crippen LogP contribution in [-0.2, 0) is 4.79 Å². The molecular formula is C43H73ClO4. The molecule has 4 nitrogen and oxygen atoms in total. The Kier molecular flexibility index (Phi) is 23.7. The number of carboxylic acids is 1. The normalized spacial score (nSPS) is 23.3. The number of halogens is 1. The largest absolute Gasteiger partial charge is 0.480 e. The second-order valence-corrected chi connectivity index (χ2v) is 15.8. The van der Waals surface area contributed by atoms with E-state index in [1.807, 2.05) is 0 Å². The molecule has 3 N–H and O–H groups in total. The Balaban J connectivity index is 1.53. The van der Waals surface area contributed by atoms with Gasteiger partial charge >= 0.3 is 5.97 Å². The van der Waals surface area contributed by atoms with Crippen molar-refractivity contribution in [2.24, 2.45) is 23.2 Å². The molecule has 0 spiro atoms. The zero-order valence-electron chi connectivity index (χ0n) is 31.0. The summed E-state index contributed by atoms with van der Waals surface area (Å²) < 4.78 is 0. The summed E-state index contributed by atoms with van der Waals surface area (Å²) in [6, 6.07) is 0. The maximum atomic E-state index is 11.8. The van der Waals surface area contributed by atoms with Crippen LogP contribution in [0.3, 0.4) is 0 Å². The van der Waals surface area contributed by atoms with Gasteiger partial charge in [0.1, 0.15) is 5.92 Å². The van der Waals surface area contributed by atoms with Crippen molar-refractivity contribution in [3.63, 3.8) is 0 Å². The van der Waals surface area contributed by atoms with E-state index in [2.05, 4.69) is 50.0 Å². The average Bonchev–Trinajstić information content (AvgIpc) is 3.31. The monoisotopic (exact) mass is 689 g/mol. The Morgan fingerprint density at radius 3 is 1.92 bits per heavy atom. The zero-order valence-corrected chi connectivity index (χ0v) is 31.7. The van der Waals surface area contributed by atoms with E-state index in [1.165, 1.54) is 109 Å². The number of aliphatic hydroxyl groups excluding tert-OH is 2. The number of carboxylic acid groups (broad SMARTS) is 1. The van der Waals surface area contributed by atoms with Crippen LogP contribution < -0.4 is 0 Å². The predicted octanol–water partition coefficient (Wildman–Crippen LogP) is 12.0. The molecule has 5 heteroatoms. The molecule has 2 rings (SSSR count). The van der Waals surface area contributed by atoms with Crippen molar-refractivity contribution < 1.29 is 20.1 Å². The number of allylic oxidation sites excluding steroid dienone is 2. The molecule has 1 unspecified atom stereocenters. The fraction of sp³-hybridized carbons (Fsp3) is 0.837. The van der Waals surface area contributed by atoms with Crippen molar-refractivity contribution in [1.82, 2.24) is 0 Å². The third kappa shape index (κ3) is 17.1. The Morgan fingerprint density at radius 2 is 1.42 bits per heavy atom. The second kappa shape index (κ2) is 26.5. The Hall–Kier alpha value is -1.28. The lowest BCUT2D eigenvalue weighted by Gasteiger charge is -2.45. The number of rotatable bonds is 28. The Labute approximate surface area is 301 Å². The Bertz CT molecular complexity index is 939. The van der Waals surface area contributed by atoms with Gasteiger partial charge in [-0.05, 0) is 69.1 Å². The highest BCUT2D eigenvalue weighted by Crippen LogP contribution is 2.48. The molecule has 276 valence electrons. The van der Waals surface area contributed by atoms with Crippen LogP contribution in [0.15, 0.2) is 24.3 Å². The summed E-state index contributed by atoms with van der Waals surface area (Å²) in [6.07, 6.45) is 38.8. The molecule has 48 heavy (non-hydrogen) atoms. The molecule has 2 aliphatic rings. The quantitative estimate of drug-likeness (QED) is 0.0331. The van der Waals surface area contributed by atoms with Crippen molar-refractivity contribution in [3.05, 3.63) is 24.3 Å². The second-order valence-electron chi connectivity index (χ2n) is 15.2. The summed E-state index contributed by atoms with van der Waals surface area (Å²) >= 11 is 6.63. The lowest BCUT2D eigenvalue weighted by molar-refractivity contribution is -0.139. The summed E-state index contributed by atoms with van der Waals surface area (Å²) in [5.41, 5.74) is 0.0827. The number of hydrogen-bond donors (Lipinski definition) is 3. The van der Waals surface area contributed by atoms with Gasteiger partial charge in [-0.15, -0.1) is 17.5 Å². The molecule has 0 bridgehead atoms. The van der Waals surface area contributed by atoms with Gasteiger partial charge in [-0.2, -0.15) is 0 Å². The van der Waals surface area contributed by atoms with Crippen LogP contribution >= 0.6 is 11.6 Å². The molecular weight excluding hydrogens is 616 g/mol. The highest BCUT2D eigenvalue weighted by atomic mass is 35.5. The Morgan fingerprint density at radius 1 is 0.854 bits per heavy atom. The minimum atomic E-state index is -0.836. The van der Waals surface area contributed by atoms with Gasteiger partial charge in [-0.25, -0.2) is 0 Å². The fourth-order valence-corrected chi connectivity index (χ4v) is 8.31. The van der Waals surface area contributed by atoms with Gasteiger partial charge in [0.05, 0.1) is 12.2 Å². The van der Waals surface area contributed by atoms with E-state index in [0.717, 1.165) is 38.5 Å². The lowest BCUT2D eigenvalue weighted by atomic mass is 9.63. The third-order valence-corrected chi connectivity index (χ3v) is 12.0. The molecule has 0 aliphatic heterocycles. The number of alkyl halides is 1. The van der Waals surface area contributed by atoms with Crippen LogP contribution in [0.2, 0.25) is 0 Å². The lowest BCUT2D eigenvalue weighted by Crippen LogP contribution is -2.40. The molecule has 2 fully saturated rings. The topological polar surface area (TPSA) is 77.8 Å². The first kappa shape index (κ1) is 42.9. The average molecular weight is 690 g/mol. The van der Waals surface area contributed by atoms with Crippen LogP contribution in [-0.4, -0.2) is 38.9 Å². The van der Waals surface area contributed by atoms with Gasteiger partial charge < -0.3 is 15.3 Å². The van der Waals surface area contributed by atoms with Gasteiger partial charge in [-0.3, -0.25) is 4.79 Å². The van der Waals surface area contributed by atoms with Crippen LogP contribution in [0.4, 0.5) is 0 Å². The molecule has 0 radical (unpaired) electrons. The number of carbonyl (C=O) groups is 1. The van der Waals surface area contributed by atoms with E-state index in [1.54, 1.807) is 0 Å². The van der Waals surface area contributed by atoms with E-state index in [4.69, 9.17) is 11.6 Å². The minimum Gasteiger partial charge on any atom is -0.480 e. The highest BCUT2D eigenvalue weighted by molar-refractivity contribution is 6.21. The summed E-state index contributed by atoms with van der Waals surface area (Å²) in [5.74, 6) is 4.81. The smallest absolute Gasteiger partial charge is 0.318 e. The number of hydrogen-bond acceptors (Lipinski definition) is 3. The number of aliphatic hydroxyl groups is 2. The highest BCUT2D eigenvalue weighted by Gasteiger charge is 2.42. The third-order valence-electron chi connectivity index (χ3n) is 11.5. The van der Waals surface area contributed by atoms with Crippen LogP contribution in [0.5, 0.6) is 0 Å². The van der Waals surface area contributed by atoms with E-state index in [0.29, 0.717) is 25.7 Å². The molecule has 0 aromatic rings. The molecule has 6 atom stereocenters. The summed E-state index contributed by atoms with van der Waals surface area (Å²) in [6.45, 7) is 4.45. The van der Waals surface area contributed by atoms with Crippen molar-refractivity contribution in [1.29, 1.82) is 0 Å². The molecule has 0 aromatic heterocycles. The first-order valence-electron chi connectivity index (χ1n) is 20.4. The molecule has 0 amide bonds. The van der Waals surface area contributed by atoms with Crippen LogP contribution in [0.1, 0.15) is 187 Å². The maximum absolute atomic E-state index is 11.8. The minimum absolute atomic E-state index is 0.0182. The van der Waals surface area contributed by atoms with Gasteiger partial charge in [0, 0.05) is 17.7 Å². The number of aliphatic carboxylic acids is 1. The molecule has 2 saturated carbocycles. The van der Waals surface area contributed by atoms with Crippen LogP contribution in [0, 0.1) is 35.0 Å². The van der Waals surface area contributed by atoms with Gasteiger partial charge in [0.25, 0.3) is 0 Å². The summed E-state index contributed by atoms with van der Waals surface area (Å²) in [5, 5.41) is 31.0. The number of unbranched alkanes of at least 4 members (excludes halogenated alkanes) is 17. The molecule has 0 heterocycles. The standard InChI is InChI=1S/C43H73ClO4/c1-3-5-6-7-8-9-10-11-12-13-14-15-16-17-18-19-20-21-23-28-36(42(47)48)29-24-22-25-30-37-38(40(45)35-39(37)44)31-26-32-41(46)43(4-2)33-27-34-43/h22,25-26,31,36-41,45-46H,3-21,24,27,29-30,32-35H2,1-2H3,(H,47,48)/t36?,37-,38-,39-,40-,41+/m1/s1. The van der Waals surface area contributed by atoms with Gasteiger partial charge in [-0.1, -0.05) is 153 Å². The van der Waals surface area contributed by atoms with Gasteiger partial charge in [0.15, 0.2) is 0 Å². The van der Waals surface area contributed by atoms with Crippen molar-refractivity contribution in [3.8, 4) is 11.8 Å². The molecule has 2 aliphatic carbocycles. The van der Waals surface area contributed by atoms with E-state index >= 15 is 0 Å². The first-order valence-corrected chi connectivity index (χ1v) is 20.8. The molecule has 0 aromatic carbocycles. The maximum Gasteiger partial charge on any atom is 0.318 e. The van der Waals surface area contributed by atoms with Crippen molar-refractivity contribution in [2.75, 3.05) is 0 Å². The van der Waals surface area contributed by atoms with E-state index in [-0.39, 0.29) is 28.7 Å². The van der Waals surface area contributed by atoms with E-state index < -0.39 is 18.0 Å².